The number of benzene rings is 1. The molecule has 1 amide bonds. The highest BCUT2D eigenvalue weighted by molar-refractivity contribution is 7.98. The average Bonchev–Trinajstić information content (AvgIpc) is 2.28. The van der Waals surface area contributed by atoms with Crippen molar-refractivity contribution in [1.29, 1.82) is 0 Å². The molecule has 0 aromatic heterocycles. The lowest BCUT2D eigenvalue weighted by atomic mass is 10.3. The molecule has 1 rings (SSSR count). The summed E-state index contributed by atoms with van der Waals surface area (Å²) in [6.45, 7) is 1.75. The molecule has 16 heavy (non-hydrogen) atoms. The number of rotatable bonds is 4. The predicted octanol–water partition coefficient (Wildman–Crippen LogP) is 2.26. The van der Waals surface area contributed by atoms with Crippen LogP contribution in [0.15, 0.2) is 29.2 Å². The minimum Gasteiger partial charge on any atom is -0.481 e. The first-order valence-electron chi connectivity index (χ1n) is 5.06. The summed E-state index contributed by atoms with van der Waals surface area (Å²) in [5, 5.41) is 0. The molecule has 0 aliphatic heterocycles. The van der Waals surface area contributed by atoms with Gasteiger partial charge in [-0.25, -0.2) is 0 Å². The predicted molar refractivity (Wildman–Crippen MR) is 67.0 cm³/mol. The number of hydrogen-bond acceptors (Lipinski definition) is 3. The van der Waals surface area contributed by atoms with E-state index < -0.39 is 6.10 Å². The van der Waals surface area contributed by atoms with E-state index in [2.05, 4.69) is 0 Å². The first-order valence-corrected chi connectivity index (χ1v) is 6.29. The van der Waals surface area contributed by atoms with Crippen molar-refractivity contribution < 1.29 is 9.53 Å². The number of likely N-dealkylation sites (N-methyl/N-ethyl adjacent to an activating group) is 1. The van der Waals surface area contributed by atoms with Crippen molar-refractivity contribution >= 4 is 17.7 Å². The van der Waals surface area contributed by atoms with Gasteiger partial charge in [0.15, 0.2) is 6.10 Å². The molecule has 0 saturated carbocycles. The van der Waals surface area contributed by atoms with Gasteiger partial charge in [-0.05, 0) is 37.4 Å². The number of nitrogens with zero attached hydrogens (tertiary/aromatic N) is 1. The van der Waals surface area contributed by atoms with E-state index >= 15 is 0 Å². The van der Waals surface area contributed by atoms with Gasteiger partial charge in [0.25, 0.3) is 5.91 Å². The molecule has 0 fully saturated rings. The van der Waals surface area contributed by atoms with Gasteiger partial charge in [0.1, 0.15) is 5.75 Å². The molecule has 1 atom stereocenters. The largest absolute Gasteiger partial charge is 0.481 e. The molecule has 1 aromatic rings. The third-order valence-corrected chi connectivity index (χ3v) is 2.90. The van der Waals surface area contributed by atoms with Gasteiger partial charge >= 0.3 is 0 Å². The number of ether oxygens (including phenoxy) is 1. The van der Waals surface area contributed by atoms with E-state index in [9.17, 15) is 4.79 Å². The summed E-state index contributed by atoms with van der Waals surface area (Å²) in [6, 6.07) is 7.72. The highest BCUT2D eigenvalue weighted by atomic mass is 32.2. The highest BCUT2D eigenvalue weighted by Crippen LogP contribution is 2.19. The summed E-state index contributed by atoms with van der Waals surface area (Å²) < 4.78 is 5.54. The van der Waals surface area contributed by atoms with Crippen LogP contribution in [0, 0.1) is 0 Å². The Morgan fingerprint density at radius 3 is 2.31 bits per heavy atom. The minimum atomic E-state index is -0.449. The number of carbonyl (C=O) groups is 1. The van der Waals surface area contributed by atoms with Gasteiger partial charge in [-0.3, -0.25) is 4.79 Å². The molecule has 88 valence electrons. The van der Waals surface area contributed by atoms with E-state index in [0.29, 0.717) is 0 Å². The maximum Gasteiger partial charge on any atom is 0.262 e. The van der Waals surface area contributed by atoms with E-state index in [-0.39, 0.29) is 5.91 Å². The molecule has 0 saturated heterocycles. The molecule has 0 heterocycles. The quantitative estimate of drug-likeness (QED) is 0.755. The van der Waals surface area contributed by atoms with Crippen LogP contribution in [0.1, 0.15) is 6.92 Å². The second kappa shape index (κ2) is 5.80. The van der Waals surface area contributed by atoms with Crippen LogP contribution in [0.25, 0.3) is 0 Å². The monoisotopic (exact) mass is 239 g/mol. The van der Waals surface area contributed by atoms with Gasteiger partial charge < -0.3 is 9.64 Å². The Labute approximate surface area is 101 Å². The minimum absolute atomic E-state index is 0.0334. The van der Waals surface area contributed by atoms with Crippen LogP contribution < -0.4 is 4.74 Å². The molecule has 1 aromatic carbocycles. The molecule has 0 aliphatic carbocycles. The Morgan fingerprint density at radius 2 is 1.88 bits per heavy atom. The summed E-state index contributed by atoms with van der Waals surface area (Å²) in [5.41, 5.74) is 0. The fourth-order valence-corrected chi connectivity index (χ4v) is 1.68. The van der Waals surface area contributed by atoms with Gasteiger partial charge in [-0.1, -0.05) is 0 Å². The summed E-state index contributed by atoms with van der Waals surface area (Å²) in [6.07, 6.45) is 1.57. The van der Waals surface area contributed by atoms with E-state index in [4.69, 9.17) is 4.74 Å². The first-order chi connectivity index (χ1) is 7.54. The van der Waals surface area contributed by atoms with Crippen LogP contribution in [0.5, 0.6) is 5.75 Å². The Hall–Kier alpha value is -1.16. The lowest BCUT2D eigenvalue weighted by molar-refractivity contribution is -0.135. The molecule has 1 unspecified atom stereocenters. The van der Waals surface area contributed by atoms with Crippen molar-refractivity contribution in [2.24, 2.45) is 0 Å². The number of thioether (sulfide) groups is 1. The zero-order chi connectivity index (χ0) is 12.1. The average molecular weight is 239 g/mol. The van der Waals surface area contributed by atoms with Crippen molar-refractivity contribution in [2.45, 2.75) is 17.9 Å². The van der Waals surface area contributed by atoms with E-state index in [1.54, 1.807) is 32.8 Å². The standard InChI is InChI=1S/C12H17NO2S/c1-9(12(14)13(2)3)15-10-5-7-11(16-4)8-6-10/h5-9H,1-4H3. The van der Waals surface area contributed by atoms with Gasteiger partial charge in [0.05, 0.1) is 0 Å². The van der Waals surface area contributed by atoms with E-state index in [1.807, 2.05) is 30.5 Å². The maximum atomic E-state index is 11.6. The van der Waals surface area contributed by atoms with Crippen molar-refractivity contribution in [1.82, 2.24) is 4.90 Å². The van der Waals surface area contributed by atoms with Crippen LogP contribution >= 0.6 is 11.8 Å². The van der Waals surface area contributed by atoms with E-state index in [1.165, 1.54) is 9.80 Å². The third kappa shape index (κ3) is 3.45. The van der Waals surface area contributed by atoms with Crippen molar-refractivity contribution in [3.63, 3.8) is 0 Å². The van der Waals surface area contributed by atoms with Gasteiger partial charge in [0.2, 0.25) is 0 Å². The number of amides is 1. The third-order valence-electron chi connectivity index (χ3n) is 2.16. The second-order valence-electron chi connectivity index (χ2n) is 3.67. The van der Waals surface area contributed by atoms with Crippen LogP contribution in [-0.4, -0.2) is 37.3 Å². The van der Waals surface area contributed by atoms with Crippen LogP contribution in [0.2, 0.25) is 0 Å². The maximum absolute atomic E-state index is 11.6. The molecule has 0 spiro atoms. The van der Waals surface area contributed by atoms with Gasteiger partial charge in [-0.15, -0.1) is 11.8 Å². The molecule has 0 radical (unpaired) electrons. The number of hydrogen-bond donors (Lipinski definition) is 0. The van der Waals surface area contributed by atoms with Crippen LogP contribution in [-0.2, 0) is 4.79 Å². The zero-order valence-electron chi connectivity index (χ0n) is 10.1. The fraction of sp³-hybridized carbons (Fsp3) is 0.417. The lowest BCUT2D eigenvalue weighted by Crippen LogP contribution is -2.35. The topological polar surface area (TPSA) is 29.5 Å². The van der Waals surface area contributed by atoms with Gasteiger partial charge in [-0.2, -0.15) is 0 Å². The molecular weight excluding hydrogens is 222 g/mol. The normalized spacial score (nSPS) is 12.0. The number of carbonyl (C=O) groups excluding carboxylic acids is 1. The summed E-state index contributed by atoms with van der Waals surface area (Å²) in [4.78, 5) is 14.3. The van der Waals surface area contributed by atoms with Crippen molar-refractivity contribution in [2.75, 3.05) is 20.4 Å². The van der Waals surface area contributed by atoms with Crippen LogP contribution in [0.4, 0.5) is 0 Å². The summed E-state index contributed by atoms with van der Waals surface area (Å²) in [7, 11) is 3.44. The Morgan fingerprint density at radius 1 is 1.31 bits per heavy atom. The highest BCUT2D eigenvalue weighted by Gasteiger charge is 2.16. The SMILES string of the molecule is CSc1ccc(OC(C)C(=O)N(C)C)cc1. The summed E-state index contributed by atoms with van der Waals surface area (Å²) >= 11 is 1.68. The smallest absolute Gasteiger partial charge is 0.262 e. The molecule has 0 N–H and O–H groups in total. The van der Waals surface area contributed by atoms with Gasteiger partial charge in [0, 0.05) is 19.0 Å². The molecule has 0 bridgehead atoms. The van der Waals surface area contributed by atoms with Crippen molar-refractivity contribution in [3.05, 3.63) is 24.3 Å². The first kappa shape index (κ1) is 12.9. The Bertz CT molecular complexity index is 349. The lowest BCUT2D eigenvalue weighted by Gasteiger charge is -2.18. The second-order valence-corrected chi connectivity index (χ2v) is 4.55. The molecule has 4 heteroatoms. The Balaban J connectivity index is 2.62. The fourth-order valence-electron chi connectivity index (χ4n) is 1.27. The van der Waals surface area contributed by atoms with E-state index in [0.717, 1.165) is 5.75 Å². The Kier molecular flexibility index (Phi) is 4.68. The molecule has 0 aliphatic rings. The molecule has 3 nitrogen and oxygen atoms in total. The molecular formula is C12H17NO2S. The van der Waals surface area contributed by atoms with Crippen molar-refractivity contribution in [3.8, 4) is 5.75 Å². The van der Waals surface area contributed by atoms with Crippen LogP contribution in [0.3, 0.4) is 0 Å². The zero-order valence-corrected chi connectivity index (χ0v) is 10.9. The summed E-state index contributed by atoms with van der Waals surface area (Å²) in [5.74, 6) is 0.689.